The Balaban J connectivity index is 0.00000280. The van der Waals surface area contributed by atoms with Crippen molar-refractivity contribution in [3.8, 4) is 0 Å². The second-order valence-electron chi connectivity index (χ2n) is 6.41. The van der Waals surface area contributed by atoms with E-state index >= 15 is 0 Å². The van der Waals surface area contributed by atoms with E-state index in [0.717, 1.165) is 56.6 Å². The van der Waals surface area contributed by atoms with Crippen molar-refractivity contribution in [3.63, 3.8) is 0 Å². The summed E-state index contributed by atoms with van der Waals surface area (Å²) in [5, 5.41) is 10.1. The van der Waals surface area contributed by atoms with Crippen molar-refractivity contribution in [3.05, 3.63) is 41.4 Å². The Bertz CT molecular complexity index is 702. The number of benzene rings is 1. The highest BCUT2D eigenvalue weighted by Gasteiger charge is 2.15. The minimum Gasteiger partial charge on any atom is -0.357 e. The van der Waals surface area contributed by atoms with Crippen LogP contribution in [0.3, 0.4) is 0 Å². The summed E-state index contributed by atoms with van der Waals surface area (Å²) in [7, 11) is 0. The topological polar surface area (TPSA) is 52.6 Å². The summed E-state index contributed by atoms with van der Waals surface area (Å²) in [6.07, 6.45) is 3.47. The number of guanidine groups is 1. The lowest BCUT2D eigenvalue weighted by Crippen LogP contribution is -2.38. The van der Waals surface area contributed by atoms with E-state index in [9.17, 15) is 0 Å². The van der Waals surface area contributed by atoms with Crippen LogP contribution in [0.1, 0.15) is 25.5 Å². The van der Waals surface area contributed by atoms with Crippen LogP contribution in [0, 0.1) is 0 Å². The Morgan fingerprint density at radius 2 is 2.00 bits per heavy atom. The molecule has 0 amide bonds. The fourth-order valence-electron chi connectivity index (χ4n) is 2.94. The molecule has 3 rings (SSSR count). The molecule has 1 aromatic heterocycles. The van der Waals surface area contributed by atoms with Gasteiger partial charge in [-0.2, -0.15) is 0 Å². The molecule has 2 heterocycles. The van der Waals surface area contributed by atoms with E-state index in [-0.39, 0.29) is 24.0 Å². The smallest absolute Gasteiger partial charge is 0.191 e. The third-order valence-electron chi connectivity index (χ3n) is 4.30. The lowest BCUT2D eigenvalue weighted by molar-refractivity contribution is 0.831. The van der Waals surface area contributed by atoms with E-state index in [0.29, 0.717) is 0 Å². The minimum atomic E-state index is 0. The number of aromatic nitrogens is 1. The number of halogens is 1. The molecule has 1 aromatic carbocycles. The molecule has 1 fully saturated rings. The van der Waals surface area contributed by atoms with Crippen LogP contribution >= 0.6 is 47.1 Å². The van der Waals surface area contributed by atoms with E-state index in [1.54, 1.807) is 11.3 Å². The summed E-state index contributed by atoms with van der Waals surface area (Å²) in [5.74, 6) is 1.90. The molecular weight excluding hydrogens is 501 g/mol. The maximum Gasteiger partial charge on any atom is 0.191 e. The number of aliphatic imine (C=N–C) groups is 1. The van der Waals surface area contributed by atoms with E-state index in [1.165, 1.54) is 22.9 Å². The molecular formula is C20H30IN5S2. The van der Waals surface area contributed by atoms with E-state index in [4.69, 9.17) is 9.98 Å². The Labute approximate surface area is 193 Å². The molecule has 1 aliphatic heterocycles. The zero-order valence-corrected chi connectivity index (χ0v) is 20.4. The Hall–Kier alpha value is -1.000. The van der Waals surface area contributed by atoms with Crippen LogP contribution < -0.4 is 15.5 Å². The highest BCUT2D eigenvalue weighted by Crippen LogP contribution is 2.24. The fourth-order valence-corrected chi connectivity index (χ4v) is 4.65. The molecule has 2 N–H and O–H groups in total. The number of nitrogens with one attached hydrogen (secondary N) is 2. The van der Waals surface area contributed by atoms with Gasteiger partial charge in [0.15, 0.2) is 11.1 Å². The van der Waals surface area contributed by atoms with Crippen LogP contribution in [-0.4, -0.2) is 49.4 Å². The second-order valence-corrected chi connectivity index (χ2v) is 8.42. The van der Waals surface area contributed by atoms with Gasteiger partial charge < -0.3 is 15.5 Å². The quantitative estimate of drug-likeness (QED) is 0.167. The summed E-state index contributed by atoms with van der Waals surface area (Å²) >= 11 is 3.62. The number of rotatable bonds is 9. The Morgan fingerprint density at radius 1 is 1.21 bits per heavy atom. The maximum atomic E-state index is 4.78. The van der Waals surface area contributed by atoms with Crippen LogP contribution in [0.4, 0.5) is 5.13 Å². The summed E-state index contributed by atoms with van der Waals surface area (Å²) in [6.45, 7) is 6.92. The van der Waals surface area contributed by atoms with Gasteiger partial charge in [-0.25, -0.2) is 4.98 Å². The number of thiazole rings is 1. The van der Waals surface area contributed by atoms with Crippen molar-refractivity contribution in [2.75, 3.05) is 43.4 Å². The predicted octanol–water partition coefficient (Wildman–Crippen LogP) is 4.25. The first-order valence-electron chi connectivity index (χ1n) is 9.74. The van der Waals surface area contributed by atoms with Crippen molar-refractivity contribution in [1.82, 2.24) is 15.6 Å². The standard InChI is InChI=1S/C20H29N5S2.HI/c1-2-21-19(23-12-15-26-18-8-4-3-5-9-18)22-11-10-17-16-27-20(24-17)25-13-6-7-14-25;/h3-5,8-9,16H,2,6-7,10-15H2,1H3,(H2,21,22,23);1H. The number of hydrogen-bond donors (Lipinski definition) is 2. The van der Waals surface area contributed by atoms with Crippen molar-refractivity contribution in [1.29, 1.82) is 0 Å². The molecule has 0 atom stereocenters. The van der Waals surface area contributed by atoms with Gasteiger partial charge in [0.2, 0.25) is 0 Å². The van der Waals surface area contributed by atoms with Gasteiger partial charge in [0.1, 0.15) is 0 Å². The van der Waals surface area contributed by atoms with Crippen molar-refractivity contribution >= 4 is 58.2 Å². The Morgan fingerprint density at radius 3 is 2.75 bits per heavy atom. The molecule has 0 bridgehead atoms. The van der Waals surface area contributed by atoms with Crippen LogP contribution in [0.15, 0.2) is 45.6 Å². The first-order valence-corrected chi connectivity index (χ1v) is 11.6. The second kappa shape index (κ2) is 13.3. The van der Waals surface area contributed by atoms with Gasteiger partial charge in [-0.15, -0.1) is 47.1 Å². The molecule has 2 aromatic rings. The molecule has 1 aliphatic rings. The first-order chi connectivity index (χ1) is 13.3. The number of hydrogen-bond acceptors (Lipinski definition) is 5. The van der Waals surface area contributed by atoms with Crippen molar-refractivity contribution < 1.29 is 0 Å². The molecule has 1 saturated heterocycles. The number of nitrogens with zero attached hydrogens (tertiary/aromatic N) is 3. The van der Waals surface area contributed by atoms with Gasteiger partial charge in [-0.05, 0) is 31.9 Å². The van der Waals surface area contributed by atoms with Crippen LogP contribution in [0.5, 0.6) is 0 Å². The average molecular weight is 532 g/mol. The van der Waals surface area contributed by atoms with E-state index in [2.05, 4.69) is 58.2 Å². The molecule has 0 aliphatic carbocycles. The summed E-state index contributed by atoms with van der Waals surface area (Å²) < 4.78 is 0. The highest BCUT2D eigenvalue weighted by atomic mass is 127. The van der Waals surface area contributed by atoms with Crippen LogP contribution in [0.2, 0.25) is 0 Å². The summed E-state index contributed by atoms with van der Waals surface area (Å²) in [4.78, 5) is 13.2. The summed E-state index contributed by atoms with van der Waals surface area (Å²) in [6, 6.07) is 10.5. The lowest BCUT2D eigenvalue weighted by atomic mass is 10.3. The van der Waals surface area contributed by atoms with Gasteiger partial charge in [0.05, 0.1) is 5.69 Å². The molecule has 28 heavy (non-hydrogen) atoms. The molecule has 0 unspecified atom stereocenters. The van der Waals surface area contributed by atoms with E-state index < -0.39 is 0 Å². The SMILES string of the molecule is CCNC(=NCCc1csc(N2CCCC2)n1)NCCSc1ccccc1.I. The number of thioether (sulfide) groups is 1. The van der Waals surface area contributed by atoms with Gasteiger partial charge in [-0.1, -0.05) is 18.2 Å². The molecule has 8 heteroatoms. The zero-order chi connectivity index (χ0) is 18.7. The lowest BCUT2D eigenvalue weighted by Gasteiger charge is -2.12. The summed E-state index contributed by atoms with van der Waals surface area (Å²) in [5.41, 5.74) is 1.15. The van der Waals surface area contributed by atoms with Gasteiger partial charge in [0, 0.05) is 55.2 Å². The molecule has 5 nitrogen and oxygen atoms in total. The average Bonchev–Trinajstić information content (AvgIpc) is 3.38. The highest BCUT2D eigenvalue weighted by molar-refractivity contribution is 14.0. The zero-order valence-electron chi connectivity index (χ0n) is 16.4. The molecule has 0 radical (unpaired) electrons. The van der Waals surface area contributed by atoms with Gasteiger partial charge in [0.25, 0.3) is 0 Å². The fraction of sp³-hybridized carbons (Fsp3) is 0.500. The van der Waals surface area contributed by atoms with Gasteiger partial charge in [-0.3, -0.25) is 4.99 Å². The monoisotopic (exact) mass is 531 g/mol. The third-order valence-corrected chi connectivity index (χ3v) is 6.27. The number of anilines is 1. The third kappa shape index (κ3) is 7.79. The van der Waals surface area contributed by atoms with Crippen LogP contribution in [-0.2, 0) is 6.42 Å². The molecule has 0 spiro atoms. The Kier molecular flexibility index (Phi) is 11.0. The normalized spacial score (nSPS) is 14.0. The molecule has 154 valence electrons. The van der Waals surface area contributed by atoms with Crippen molar-refractivity contribution in [2.24, 2.45) is 4.99 Å². The van der Waals surface area contributed by atoms with Crippen LogP contribution in [0.25, 0.3) is 0 Å². The maximum absolute atomic E-state index is 4.78. The van der Waals surface area contributed by atoms with E-state index in [1.807, 2.05) is 11.8 Å². The van der Waals surface area contributed by atoms with Gasteiger partial charge >= 0.3 is 0 Å². The largest absolute Gasteiger partial charge is 0.357 e. The predicted molar refractivity (Wildman–Crippen MR) is 134 cm³/mol. The minimum absolute atomic E-state index is 0. The van der Waals surface area contributed by atoms with Crippen molar-refractivity contribution in [2.45, 2.75) is 31.1 Å². The first kappa shape index (κ1) is 23.3. The molecule has 0 saturated carbocycles.